The summed E-state index contributed by atoms with van der Waals surface area (Å²) in [7, 11) is 0. The number of aromatic nitrogens is 2. The molecule has 1 aromatic carbocycles. The zero-order chi connectivity index (χ0) is 13.0. The fourth-order valence-corrected chi connectivity index (χ4v) is 1.69. The second-order valence-corrected chi connectivity index (χ2v) is 4.28. The summed E-state index contributed by atoms with van der Waals surface area (Å²) in [6, 6.07) is 6.99. The van der Waals surface area contributed by atoms with Crippen molar-refractivity contribution in [1.82, 2.24) is 9.36 Å². The first-order valence-electron chi connectivity index (χ1n) is 4.82. The summed E-state index contributed by atoms with van der Waals surface area (Å²) in [5.74, 6) is 0.349. The van der Waals surface area contributed by atoms with Crippen LogP contribution in [0.25, 0.3) is 0 Å². The molecular formula is C10H8ClN3O3S. The van der Waals surface area contributed by atoms with Gasteiger partial charge >= 0.3 is 11.4 Å². The SMILES string of the molecule is Nc1nc(OCc2cccc(OC(=O)Cl)c2)ns1. The number of carbonyl (C=O) groups is 1. The van der Waals surface area contributed by atoms with Crippen LogP contribution in [0, 0.1) is 0 Å². The average Bonchev–Trinajstić information content (AvgIpc) is 2.72. The van der Waals surface area contributed by atoms with Crippen molar-refractivity contribution in [2.45, 2.75) is 6.61 Å². The number of nitrogens with two attached hydrogens (primary N) is 1. The van der Waals surface area contributed by atoms with E-state index in [4.69, 9.17) is 26.8 Å². The van der Waals surface area contributed by atoms with E-state index in [-0.39, 0.29) is 12.6 Å². The highest BCUT2D eigenvalue weighted by Gasteiger charge is 2.04. The Kier molecular flexibility index (Phi) is 3.96. The Bertz CT molecular complexity index is 561. The molecule has 0 radical (unpaired) electrons. The molecule has 0 aliphatic carbocycles. The summed E-state index contributed by atoms with van der Waals surface area (Å²) in [5.41, 5.74) is 5.32. The number of nitrogens with zero attached hydrogens (tertiary/aromatic N) is 2. The van der Waals surface area contributed by atoms with E-state index < -0.39 is 5.43 Å². The predicted octanol–water partition coefficient (Wildman–Crippen LogP) is 2.44. The number of halogens is 1. The summed E-state index contributed by atoms with van der Waals surface area (Å²) in [5, 5.41) is 0.342. The minimum absolute atomic E-state index is 0.220. The van der Waals surface area contributed by atoms with E-state index in [0.29, 0.717) is 10.9 Å². The average molecular weight is 286 g/mol. The maximum atomic E-state index is 10.6. The van der Waals surface area contributed by atoms with E-state index in [1.807, 2.05) is 0 Å². The molecule has 2 aromatic rings. The van der Waals surface area contributed by atoms with Gasteiger partial charge in [0, 0.05) is 23.1 Å². The van der Waals surface area contributed by atoms with Gasteiger partial charge in [0.05, 0.1) is 0 Å². The lowest BCUT2D eigenvalue weighted by molar-refractivity contribution is 0.225. The first kappa shape index (κ1) is 12.6. The standard InChI is InChI=1S/C10H8ClN3O3S/c11-8(15)17-7-3-1-2-6(4-7)5-16-10-13-9(12)18-14-10/h1-4H,5H2,(H2,12,13,14). The molecule has 0 unspecified atom stereocenters. The van der Waals surface area contributed by atoms with Crippen LogP contribution in [0.4, 0.5) is 9.93 Å². The van der Waals surface area contributed by atoms with E-state index >= 15 is 0 Å². The molecule has 1 heterocycles. The third-order valence-electron chi connectivity index (χ3n) is 1.89. The van der Waals surface area contributed by atoms with Crippen molar-refractivity contribution in [3.63, 3.8) is 0 Å². The Morgan fingerprint density at radius 3 is 3.00 bits per heavy atom. The molecule has 2 rings (SSSR count). The van der Waals surface area contributed by atoms with Crippen molar-refractivity contribution >= 4 is 33.7 Å². The molecule has 6 nitrogen and oxygen atoms in total. The number of anilines is 1. The second kappa shape index (κ2) is 5.65. The van der Waals surface area contributed by atoms with E-state index in [1.54, 1.807) is 24.3 Å². The lowest BCUT2D eigenvalue weighted by Crippen LogP contribution is -1.99. The fraction of sp³-hybridized carbons (Fsp3) is 0.100. The minimum atomic E-state index is -0.887. The number of rotatable bonds is 4. The normalized spacial score (nSPS) is 10.1. The summed E-state index contributed by atoms with van der Waals surface area (Å²) in [4.78, 5) is 14.4. The zero-order valence-electron chi connectivity index (χ0n) is 9.00. The quantitative estimate of drug-likeness (QED) is 0.868. The third kappa shape index (κ3) is 3.57. The van der Waals surface area contributed by atoms with Crippen LogP contribution in [0.1, 0.15) is 5.56 Å². The topological polar surface area (TPSA) is 87.3 Å². The number of hydrogen-bond donors (Lipinski definition) is 1. The Labute approximate surface area is 111 Å². The van der Waals surface area contributed by atoms with Crippen LogP contribution in [0.3, 0.4) is 0 Å². The van der Waals surface area contributed by atoms with E-state index in [2.05, 4.69) is 9.36 Å². The number of hydrogen-bond acceptors (Lipinski definition) is 7. The van der Waals surface area contributed by atoms with Crippen LogP contribution in [0.2, 0.25) is 0 Å². The van der Waals surface area contributed by atoms with Gasteiger partial charge in [0.1, 0.15) is 12.4 Å². The van der Waals surface area contributed by atoms with E-state index in [9.17, 15) is 4.79 Å². The van der Waals surface area contributed by atoms with Gasteiger partial charge in [-0.1, -0.05) is 12.1 Å². The van der Waals surface area contributed by atoms with Gasteiger partial charge in [-0.2, -0.15) is 4.98 Å². The molecule has 0 atom stereocenters. The lowest BCUT2D eigenvalue weighted by atomic mass is 10.2. The maximum Gasteiger partial charge on any atom is 0.409 e. The molecule has 0 aliphatic rings. The molecule has 0 saturated carbocycles. The molecule has 18 heavy (non-hydrogen) atoms. The summed E-state index contributed by atoms with van der Waals surface area (Å²) >= 11 is 6.17. The molecule has 0 aliphatic heterocycles. The van der Waals surface area contributed by atoms with Crippen LogP contribution >= 0.6 is 23.1 Å². The van der Waals surface area contributed by atoms with Crippen molar-refractivity contribution in [2.75, 3.05) is 5.73 Å². The van der Waals surface area contributed by atoms with E-state index in [1.165, 1.54) is 0 Å². The molecular weight excluding hydrogens is 278 g/mol. The molecule has 0 spiro atoms. The number of nitrogen functional groups attached to an aromatic ring is 1. The highest BCUT2D eigenvalue weighted by atomic mass is 35.5. The van der Waals surface area contributed by atoms with Gasteiger partial charge < -0.3 is 15.2 Å². The van der Waals surface area contributed by atoms with Gasteiger partial charge in [0.25, 0.3) is 0 Å². The van der Waals surface area contributed by atoms with Crippen molar-refractivity contribution in [1.29, 1.82) is 0 Å². The van der Waals surface area contributed by atoms with Crippen molar-refractivity contribution in [2.24, 2.45) is 0 Å². The molecule has 1 aromatic heterocycles. The van der Waals surface area contributed by atoms with Crippen LogP contribution in [-0.2, 0) is 6.61 Å². The Balaban J connectivity index is 1.98. The summed E-state index contributed by atoms with van der Waals surface area (Å²) < 4.78 is 13.9. The minimum Gasteiger partial charge on any atom is -0.458 e. The van der Waals surface area contributed by atoms with Crippen LogP contribution in [-0.4, -0.2) is 14.8 Å². The Hall–Kier alpha value is -1.86. The molecule has 2 N–H and O–H groups in total. The van der Waals surface area contributed by atoms with Gasteiger partial charge in [-0.3, -0.25) is 0 Å². The molecule has 8 heteroatoms. The van der Waals surface area contributed by atoms with Crippen molar-refractivity contribution in [3.05, 3.63) is 29.8 Å². The van der Waals surface area contributed by atoms with Crippen molar-refractivity contribution in [3.8, 4) is 11.8 Å². The van der Waals surface area contributed by atoms with Crippen LogP contribution in [0.5, 0.6) is 11.8 Å². The zero-order valence-corrected chi connectivity index (χ0v) is 10.6. The predicted molar refractivity (Wildman–Crippen MR) is 67.0 cm³/mol. The van der Waals surface area contributed by atoms with Gasteiger partial charge in [-0.05, 0) is 17.7 Å². The highest BCUT2D eigenvalue weighted by molar-refractivity contribution is 7.09. The number of carbonyl (C=O) groups excluding carboxylic acids is 1. The first-order chi connectivity index (χ1) is 8.63. The highest BCUT2D eigenvalue weighted by Crippen LogP contribution is 2.17. The number of ether oxygens (including phenoxy) is 2. The molecule has 94 valence electrons. The molecule has 0 amide bonds. The van der Waals surface area contributed by atoms with Crippen molar-refractivity contribution < 1.29 is 14.3 Å². The van der Waals surface area contributed by atoms with Crippen LogP contribution < -0.4 is 15.2 Å². The van der Waals surface area contributed by atoms with E-state index in [0.717, 1.165) is 17.1 Å². The lowest BCUT2D eigenvalue weighted by Gasteiger charge is -2.04. The smallest absolute Gasteiger partial charge is 0.409 e. The Morgan fingerprint density at radius 1 is 1.50 bits per heavy atom. The van der Waals surface area contributed by atoms with Crippen LogP contribution in [0.15, 0.2) is 24.3 Å². The second-order valence-electron chi connectivity index (χ2n) is 3.19. The van der Waals surface area contributed by atoms with Gasteiger partial charge in [-0.25, -0.2) is 4.79 Å². The van der Waals surface area contributed by atoms with Gasteiger partial charge in [0.15, 0.2) is 0 Å². The van der Waals surface area contributed by atoms with Gasteiger partial charge in [-0.15, -0.1) is 4.37 Å². The number of benzene rings is 1. The summed E-state index contributed by atoms with van der Waals surface area (Å²) in [6.45, 7) is 0.240. The first-order valence-corrected chi connectivity index (χ1v) is 5.97. The Morgan fingerprint density at radius 2 is 2.33 bits per heavy atom. The third-order valence-corrected chi connectivity index (χ3v) is 2.49. The monoisotopic (exact) mass is 285 g/mol. The fourth-order valence-electron chi connectivity index (χ4n) is 1.22. The summed E-state index contributed by atoms with van der Waals surface area (Å²) in [6.07, 6.45) is 0. The van der Waals surface area contributed by atoms with Gasteiger partial charge in [0.2, 0.25) is 5.13 Å². The largest absolute Gasteiger partial charge is 0.458 e. The molecule has 0 fully saturated rings. The maximum absolute atomic E-state index is 10.6. The molecule has 0 saturated heterocycles. The molecule has 0 bridgehead atoms.